The molecule has 1 aliphatic rings. The molecule has 1 saturated heterocycles. The van der Waals surface area contributed by atoms with Crippen molar-refractivity contribution in [2.75, 3.05) is 33.4 Å². The summed E-state index contributed by atoms with van der Waals surface area (Å²) in [5.74, 6) is 1.39. The van der Waals surface area contributed by atoms with Crippen LogP contribution < -0.4 is 15.8 Å². The lowest BCUT2D eigenvalue weighted by Crippen LogP contribution is -2.46. The molecule has 1 heterocycles. The first-order valence-electron chi connectivity index (χ1n) is 7.47. The minimum absolute atomic E-state index is 0. The van der Waals surface area contributed by atoms with Gasteiger partial charge in [0.15, 0.2) is 5.96 Å². The van der Waals surface area contributed by atoms with Gasteiger partial charge in [0.2, 0.25) is 0 Å². The number of benzene rings is 1. The van der Waals surface area contributed by atoms with Crippen LogP contribution in [-0.4, -0.2) is 39.4 Å². The van der Waals surface area contributed by atoms with Crippen LogP contribution in [0.3, 0.4) is 0 Å². The molecule has 124 valence electrons. The second-order valence-corrected chi connectivity index (χ2v) is 5.31. The highest BCUT2D eigenvalue weighted by Gasteiger charge is 2.34. The van der Waals surface area contributed by atoms with E-state index >= 15 is 0 Å². The Morgan fingerprint density at radius 1 is 1.32 bits per heavy atom. The number of nitrogens with two attached hydrogens (primary N) is 1. The standard InChI is InChI=1S/C16H25N3O2.HI/c1-3-21-14-6-4-13(5-7-14)16(8-10-20-11-9-16)12-19-15(17)18-2;/h4-7H,3,8-12H2,1-2H3,(H3,17,18,19);1H. The van der Waals surface area contributed by atoms with Gasteiger partial charge in [-0.25, -0.2) is 0 Å². The van der Waals surface area contributed by atoms with Crippen molar-refractivity contribution in [3.8, 4) is 5.75 Å². The quantitative estimate of drug-likeness (QED) is 0.437. The summed E-state index contributed by atoms with van der Waals surface area (Å²) < 4.78 is 11.0. The van der Waals surface area contributed by atoms with Crippen LogP contribution in [0.2, 0.25) is 0 Å². The third-order valence-corrected chi connectivity index (χ3v) is 4.08. The summed E-state index contributed by atoms with van der Waals surface area (Å²) in [7, 11) is 1.69. The molecule has 0 unspecified atom stereocenters. The summed E-state index contributed by atoms with van der Waals surface area (Å²) in [6, 6.07) is 8.37. The molecular formula is C16H26IN3O2. The SMILES string of the molecule is CCOc1ccc(C2(CNC(N)=NC)CCOCC2)cc1.I. The van der Waals surface area contributed by atoms with Crippen LogP contribution in [-0.2, 0) is 10.2 Å². The fraction of sp³-hybridized carbons (Fsp3) is 0.562. The number of nitrogens with one attached hydrogen (secondary N) is 1. The van der Waals surface area contributed by atoms with Crippen LogP contribution >= 0.6 is 24.0 Å². The van der Waals surface area contributed by atoms with Crippen molar-refractivity contribution in [2.45, 2.75) is 25.2 Å². The Balaban J connectivity index is 0.00000242. The molecular weight excluding hydrogens is 393 g/mol. The first kappa shape index (κ1) is 19.0. The number of ether oxygens (including phenoxy) is 2. The second-order valence-electron chi connectivity index (χ2n) is 5.31. The Bertz CT molecular complexity index is 471. The van der Waals surface area contributed by atoms with Gasteiger partial charge in [-0.2, -0.15) is 0 Å². The van der Waals surface area contributed by atoms with Crippen molar-refractivity contribution in [3.63, 3.8) is 0 Å². The molecule has 0 spiro atoms. The van der Waals surface area contributed by atoms with Gasteiger partial charge >= 0.3 is 0 Å². The van der Waals surface area contributed by atoms with E-state index in [1.165, 1.54) is 5.56 Å². The van der Waals surface area contributed by atoms with Gasteiger partial charge in [0.05, 0.1) is 6.61 Å². The van der Waals surface area contributed by atoms with E-state index in [4.69, 9.17) is 15.2 Å². The van der Waals surface area contributed by atoms with Crippen molar-refractivity contribution in [2.24, 2.45) is 10.7 Å². The summed E-state index contributed by atoms with van der Waals surface area (Å²) in [4.78, 5) is 3.97. The number of rotatable bonds is 5. The third kappa shape index (κ3) is 4.74. The van der Waals surface area contributed by atoms with Gasteiger partial charge in [0.25, 0.3) is 0 Å². The van der Waals surface area contributed by atoms with Gasteiger partial charge < -0.3 is 20.5 Å². The van der Waals surface area contributed by atoms with Gasteiger partial charge in [0.1, 0.15) is 5.75 Å². The highest BCUT2D eigenvalue weighted by atomic mass is 127. The smallest absolute Gasteiger partial charge is 0.188 e. The van der Waals surface area contributed by atoms with Gasteiger partial charge in [-0.15, -0.1) is 24.0 Å². The third-order valence-electron chi connectivity index (χ3n) is 4.08. The van der Waals surface area contributed by atoms with Crippen molar-refractivity contribution < 1.29 is 9.47 Å². The van der Waals surface area contributed by atoms with Gasteiger partial charge in [0, 0.05) is 32.2 Å². The second kappa shape index (κ2) is 9.19. The molecule has 5 nitrogen and oxygen atoms in total. The lowest BCUT2D eigenvalue weighted by molar-refractivity contribution is 0.0514. The molecule has 0 bridgehead atoms. The van der Waals surface area contributed by atoms with Crippen molar-refractivity contribution >= 4 is 29.9 Å². The normalized spacial score (nSPS) is 17.5. The fourth-order valence-electron chi connectivity index (χ4n) is 2.74. The molecule has 2 rings (SSSR count). The Hall–Kier alpha value is -1.02. The zero-order valence-corrected chi connectivity index (χ0v) is 15.6. The summed E-state index contributed by atoms with van der Waals surface area (Å²) >= 11 is 0. The summed E-state index contributed by atoms with van der Waals surface area (Å²) in [6.45, 7) is 5.00. The molecule has 0 amide bonds. The Labute approximate surface area is 149 Å². The van der Waals surface area contributed by atoms with E-state index in [-0.39, 0.29) is 29.4 Å². The van der Waals surface area contributed by atoms with Crippen molar-refractivity contribution in [1.82, 2.24) is 5.32 Å². The van der Waals surface area contributed by atoms with Crippen molar-refractivity contribution in [3.05, 3.63) is 29.8 Å². The molecule has 3 N–H and O–H groups in total. The molecule has 1 aromatic carbocycles. The van der Waals surface area contributed by atoms with Gasteiger partial charge in [-0.1, -0.05) is 12.1 Å². The minimum atomic E-state index is 0. The van der Waals surface area contributed by atoms with Crippen LogP contribution in [0.15, 0.2) is 29.3 Å². The molecule has 1 aromatic rings. The van der Waals surface area contributed by atoms with Gasteiger partial charge in [-0.3, -0.25) is 4.99 Å². The molecule has 0 saturated carbocycles. The van der Waals surface area contributed by atoms with Crippen LogP contribution in [0.5, 0.6) is 5.75 Å². The first-order valence-corrected chi connectivity index (χ1v) is 7.47. The molecule has 0 aromatic heterocycles. The maximum atomic E-state index is 5.78. The number of aliphatic imine (C=N–C) groups is 1. The van der Waals surface area contributed by atoms with E-state index < -0.39 is 0 Å². The number of halogens is 1. The molecule has 0 radical (unpaired) electrons. The highest BCUT2D eigenvalue weighted by Crippen LogP contribution is 2.35. The average molecular weight is 419 g/mol. The Morgan fingerprint density at radius 2 is 1.95 bits per heavy atom. The van der Waals surface area contributed by atoms with E-state index in [1.807, 2.05) is 19.1 Å². The predicted molar refractivity (Wildman–Crippen MR) is 100 cm³/mol. The summed E-state index contributed by atoms with van der Waals surface area (Å²) in [5, 5.41) is 3.22. The number of hydrogen-bond donors (Lipinski definition) is 2. The molecule has 0 atom stereocenters. The number of guanidine groups is 1. The fourth-order valence-corrected chi connectivity index (χ4v) is 2.74. The first-order chi connectivity index (χ1) is 10.2. The van der Waals surface area contributed by atoms with E-state index in [2.05, 4.69) is 22.4 Å². The Kier molecular flexibility index (Phi) is 7.95. The maximum Gasteiger partial charge on any atom is 0.188 e. The minimum Gasteiger partial charge on any atom is -0.494 e. The maximum absolute atomic E-state index is 5.78. The summed E-state index contributed by atoms with van der Waals surface area (Å²) in [6.07, 6.45) is 1.95. The lowest BCUT2D eigenvalue weighted by Gasteiger charge is -2.38. The number of hydrogen-bond acceptors (Lipinski definition) is 3. The average Bonchev–Trinajstić information content (AvgIpc) is 2.54. The Morgan fingerprint density at radius 3 is 2.50 bits per heavy atom. The molecule has 22 heavy (non-hydrogen) atoms. The van der Waals surface area contributed by atoms with Crippen molar-refractivity contribution in [1.29, 1.82) is 0 Å². The molecule has 0 aliphatic carbocycles. The topological polar surface area (TPSA) is 68.9 Å². The van der Waals surface area contributed by atoms with Crippen LogP contribution in [0.1, 0.15) is 25.3 Å². The molecule has 1 aliphatic heterocycles. The van der Waals surface area contributed by atoms with E-state index in [9.17, 15) is 0 Å². The van der Waals surface area contributed by atoms with E-state index in [0.29, 0.717) is 12.6 Å². The van der Waals surface area contributed by atoms with E-state index in [1.54, 1.807) is 7.05 Å². The zero-order chi connectivity index (χ0) is 15.1. The monoisotopic (exact) mass is 419 g/mol. The highest BCUT2D eigenvalue weighted by molar-refractivity contribution is 14.0. The number of nitrogens with zero attached hydrogens (tertiary/aromatic N) is 1. The molecule has 1 fully saturated rings. The van der Waals surface area contributed by atoms with E-state index in [0.717, 1.165) is 38.3 Å². The zero-order valence-electron chi connectivity index (χ0n) is 13.3. The predicted octanol–water partition coefficient (Wildman–Crippen LogP) is 2.29. The van der Waals surface area contributed by atoms with Gasteiger partial charge in [-0.05, 0) is 37.5 Å². The van der Waals surface area contributed by atoms with Crippen LogP contribution in [0.4, 0.5) is 0 Å². The largest absolute Gasteiger partial charge is 0.494 e. The molecule has 6 heteroatoms. The lowest BCUT2D eigenvalue weighted by atomic mass is 9.74. The van der Waals surface area contributed by atoms with Crippen LogP contribution in [0.25, 0.3) is 0 Å². The van der Waals surface area contributed by atoms with Crippen LogP contribution in [0, 0.1) is 0 Å². The summed E-state index contributed by atoms with van der Waals surface area (Å²) in [5.41, 5.74) is 7.12.